The van der Waals surface area contributed by atoms with Crippen LogP contribution in [0.4, 0.5) is 5.82 Å². The number of hydrogen-bond donors (Lipinski definition) is 2. The fourth-order valence-electron chi connectivity index (χ4n) is 3.35. The van der Waals surface area contributed by atoms with Gasteiger partial charge in [0.05, 0.1) is 6.54 Å². The highest BCUT2D eigenvalue weighted by Gasteiger charge is 2.24. The van der Waals surface area contributed by atoms with Crippen LogP contribution in [-0.4, -0.2) is 15.3 Å². The quantitative estimate of drug-likeness (QED) is 0.389. The van der Waals surface area contributed by atoms with E-state index in [2.05, 4.69) is 15.3 Å². The Morgan fingerprint density at radius 1 is 1.31 bits per heavy atom. The molecule has 0 aliphatic carbocycles. The number of amides is 1. The van der Waals surface area contributed by atoms with Crippen molar-refractivity contribution in [3.8, 4) is 0 Å². The molecular weight excluding hydrogens is 368 g/mol. The van der Waals surface area contributed by atoms with E-state index in [1.165, 1.54) is 10.5 Å². The molecule has 146 valence electrons. The number of H-pyrrole nitrogens is 1. The molecule has 0 atom stereocenters. The van der Waals surface area contributed by atoms with Crippen LogP contribution in [0, 0.1) is 0 Å². The Balaban J connectivity index is 1.84. The number of nitrogen functional groups attached to an aromatic ring is 1. The predicted molar refractivity (Wildman–Crippen MR) is 108 cm³/mol. The lowest BCUT2D eigenvalue weighted by molar-refractivity contribution is -0.658. The number of aromatic nitrogens is 4. The smallest absolute Gasteiger partial charge is 0.278 e. The Bertz CT molecular complexity index is 1270. The summed E-state index contributed by atoms with van der Waals surface area (Å²) in [5.74, 6) is -0.0423. The Morgan fingerprint density at radius 3 is 2.93 bits per heavy atom. The van der Waals surface area contributed by atoms with E-state index in [0.29, 0.717) is 35.6 Å². The largest absolute Gasteiger partial charge is 0.348 e. The number of aryl methyl sites for hydroxylation is 1. The maximum absolute atomic E-state index is 13.0. The fourth-order valence-corrected chi connectivity index (χ4v) is 3.35. The summed E-state index contributed by atoms with van der Waals surface area (Å²) in [6.07, 6.45) is 6.05. The van der Waals surface area contributed by atoms with Crippen molar-refractivity contribution >= 4 is 28.4 Å². The van der Waals surface area contributed by atoms with Gasteiger partial charge in [-0.1, -0.05) is 18.0 Å². The topological polar surface area (TPSA) is 108 Å². The Labute approximate surface area is 166 Å². The first-order valence-corrected chi connectivity index (χ1v) is 9.46. The van der Waals surface area contributed by atoms with Crippen LogP contribution in [0.3, 0.4) is 0 Å². The molecule has 8 nitrogen and oxygen atoms in total. The minimum absolute atomic E-state index is 0.234. The van der Waals surface area contributed by atoms with E-state index in [9.17, 15) is 9.59 Å². The molecule has 0 aliphatic rings. The molecule has 4 rings (SSSR count). The summed E-state index contributed by atoms with van der Waals surface area (Å²) in [4.78, 5) is 33.5. The molecule has 0 radical (unpaired) electrons. The highest BCUT2D eigenvalue weighted by molar-refractivity contribution is 6.00. The molecule has 4 aromatic rings. The first kappa shape index (κ1) is 18.5. The third kappa shape index (κ3) is 3.40. The van der Waals surface area contributed by atoms with Gasteiger partial charge < -0.3 is 11.1 Å². The minimum atomic E-state index is -0.337. The third-order valence-electron chi connectivity index (χ3n) is 4.78. The molecule has 29 heavy (non-hydrogen) atoms. The van der Waals surface area contributed by atoms with Gasteiger partial charge in [-0.25, -0.2) is 9.55 Å². The van der Waals surface area contributed by atoms with Crippen molar-refractivity contribution in [2.45, 2.75) is 26.4 Å². The molecule has 8 heteroatoms. The van der Waals surface area contributed by atoms with Crippen molar-refractivity contribution in [1.29, 1.82) is 0 Å². The maximum Gasteiger partial charge on any atom is 0.278 e. The summed E-state index contributed by atoms with van der Waals surface area (Å²) in [6.45, 7) is 2.90. The van der Waals surface area contributed by atoms with E-state index in [1.807, 2.05) is 31.3 Å². The van der Waals surface area contributed by atoms with Crippen LogP contribution in [0.2, 0.25) is 0 Å². The number of rotatable bonds is 5. The number of nitrogens with one attached hydrogen (secondary N) is 2. The molecule has 0 saturated carbocycles. The molecule has 0 saturated heterocycles. The van der Waals surface area contributed by atoms with Crippen LogP contribution >= 0.6 is 0 Å². The molecular formula is C21H22N6O2+2. The van der Waals surface area contributed by atoms with Crippen molar-refractivity contribution in [1.82, 2.24) is 14.7 Å². The van der Waals surface area contributed by atoms with E-state index in [1.54, 1.807) is 29.1 Å². The van der Waals surface area contributed by atoms with Crippen LogP contribution in [0.5, 0.6) is 0 Å². The molecule has 0 unspecified atom stereocenters. The normalized spacial score (nSPS) is 11.1. The van der Waals surface area contributed by atoms with Crippen molar-refractivity contribution in [3.63, 3.8) is 0 Å². The van der Waals surface area contributed by atoms with Crippen LogP contribution in [0.15, 0.2) is 59.8 Å². The zero-order valence-electron chi connectivity index (χ0n) is 16.1. The van der Waals surface area contributed by atoms with Crippen LogP contribution in [-0.2, 0) is 13.1 Å². The van der Waals surface area contributed by atoms with Crippen LogP contribution in [0.25, 0.3) is 16.7 Å². The molecule has 1 amide bonds. The standard InChI is InChI=1S/C21H20N6O2/c1-2-9-27-18(22)15(20(28)24-13-14-6-5-8-23-12-14)11-16-19(27)25-17-7-3-4-10-26(17)21(16)29/h3-8,10-12,22H,2,9,13H2,1H3,(H,24,28)/p+2. The SMILES string of the molecule is CCC[n+]1c(N)c(C(=O)NCc2ccc[nH+]c2)cc2c(=O)n3ccccc3nc21. The molecule has 0 bridgehead atoms. The summed E-state index contributed by atoms with van der Waals surface area (Å²) in [7, 11) is 0. The van der Waals surface area contributed by atoms with Gasteiger partial charge in [0.1, 0.15) is 10.9 Å². The molecule has 0 spiro atoms. The van der Waals surface area contributed by atoms with Gasteiger partial charge in [0.15, 0.2) is 12.4 Å². The number of carbonyl (C=O) groups is 1. The number of pyridine rings is 3. The lowest BCUT2D eigenvalue weighted by atomic mass is 10.1. The molecule has 0 aliphatic heterocycles. The Kier molecular flexibility index (Phi) is 4.90. The zero-order valence-corrected chi connectivity index (χ0v) is 16.1. The molecule has 0 aromatic carbocycles. The highest BCUT2D eigenvalue weighted by Crippen LogP contribution is 2.15. The summed E-state index contributed by atoms with van der Waals surface area (Å²) >= 11 is 0. The summed E-state index contributed by atoms with van der Waals surface area (Å²) in [6, 6.07) is 10.7. The first-order chi connectivity index (χ1) is 14.1. The maximum atomic E-state index is 13.0. The minimum Gasteiger partial charge on any atom is -0.348 e. The van der Waals surface area contributed by atoms with Gasteiger partial charge in [0, 0.05) is 24.4 Å². The lowest BCUT2D eigenvalue weighted by Gasteiger charge is -2.11. The number of aromatic amines is 1. The van der Waals surface area contributed by atoms with E-state index >= 15 is 0 Å². The van der Waals surface area contributed by atoms with Gasteiger partial charge >= 0.3 is 0 Å². The monoisotopic (exact) mass is 390 g/mol. The summed E-state index contributed by atoms with van der Waals surface area (Å²) < 4.78 is 3.21. The van der Waals surface area contributed by atoms with Crippen molar-refractivity contribution in [2.24, 2.45) is 0 Å². The van der Waals surface area contributed by atoms with Crippen molar-refractivity contribution < 1.29 is 14.3 Å². The van der Waals surface area contributed by atoms with Gasteiger partial charge in [0.25, 0.3) is 17.1 Å². The lowest BCUT2D eigenvalue weighted by Crippen LogP contribution is -2.42. The molecule has 4 heterocycles. The Morgan fingerprint density at radius 2 is 2.17 bits per heavy atom. The zero-order chi connectivity index (χ0) is 20.4. The van der Waals surface area contributed by atoms with Crippen LogP contribution < -0.4 is 26.2 Å². The van der Waals surface area contributed by atoms with Gasteiger partial charge in [-0.3, -0.25) is 14.0 Å². The van der Waals surface area contributed by atoms with Crippen LogP contribution in [0.1, 0.15) is 29.3 Å². The summed E-state index contributed by atoms with van der Waals surface area (Å²) in [5.41, 5.74) is 8.32. The number of nitrogens with two attached hydrogens (primary N) is 1. The molecule has 4 N–H and O–H groups in total. The third-order valence-corrected chi connectivity index (χ3v) is 4.78. The number of anilines is 1. The van der Waals surface area contributed by atoms with Crippen molar-refractivity contribution in [3.05, 3.63) is 76.5 Å². The second-order valence-corrected chi connectivity index (χ2v) is 6.77. The second kappa shape index (κ2) is 7.67. The van der Waals surface area contributed by atoms with Gasteiger partial charge in [-0.05, 0) is 30.7 Å². The van der Waals surface area contributed by atoms with Gasteiger partial charge in [-0.2, -0.15) is 0 Å². The van der Waals surface area contributed by atoms with Gasteiger partial charge in [0.2, 0.25) is 11.5 Å². The van der Waals surface area contributed by atoms with Crippen molar-refractivity contribution in [2.75, 3.05) is 5.73 Å². The van der Waals surface area contributed by atoms with E-state index in [4.69, 9.17) is 5.73 Å². The Hall–Kier alpha value is -3.81. The second-order valence-electron chi connectivity index (χ2n) is 6.77. The highest BCUT2D eigenvalue weighted by atomic mass is 16.1. The van der Waals surface area contributed by atoms with E-state index in [0.717, 1.165) is 12.0 Å². The predicted octanol–water partition coefficient (Wildman–Crippen LogP) is 0.872. The number of nitrogens with zero attached hydrogens (tertiary/aromatic N) is 3. The first-order valence-electron chi connectivity index (χ1n) is 9.46. The summed E-state index contributed by atoms with van der Waals surface area (Å²) in [5, 5.41) is 3.22. The molecule has 0 fully saturated rings. The average Bonchev–Trinajstić information content (AvgIpc) is 2.75. The number of hydrogen-bond acceptors (Lipinski definition) is 4. The van der Waals surface area contributed by atoms with Gasteiger partial charge in [-0.15, -0.1) is 0 Å². The van der Waals surface area contributed by atoms with E-state index in [-0.39, 0.29) is 17.0 Å². The van der Waals surface area contributed by atoms with E-state index < -0.39 is 0 Å². The average molecular weight is 390 g/mol. The number of fused-ring (bicyclic) bond motifs is 2. The number of carbonyl (C=O) groups excluding carboxylic acids is 1. The molecule has 4 aromatic heterocycles. The fraction of sp³-hybridized carbons (Fsp3) is 0.190.